The molecule has 0 aromatic rings. The van der Waals surface area contributed by atoms with Crippen LogP contribution in [0.25, 0.3) is 0 Å². The summed E-state index contributed by atoms with van der Waals surface area (Å²) in [7, 11) is 0. The van der Waals surface area contributed by atoms with Crippen LogP contribution in [0.4, 0.5) is 0 Å². The first kappa shape index (κ1) is 18.4. The van der Waals surface area contributed by atoms with Crippen LogP contribution >= 0.6 is 0 Å². The Labute approximate surface area is 121 Å². The summed E-state index contributed by atoms with van der Waals surface area (Å²) in [5.41, 5.74) is 0. The molecule has 2 atom stereocenters. The van der Waals surface area contributed by atoms with Crippen LogP contribution in [-0.4, -0.2) is 19.6 Å². The van der Waals surface area contributed by atoms with Crippen molar-refractivity contribution in [3.05, 3.63) is 6.57 Å². The minimum Gasteiger partial charge on any atom is -0.512 e. The molecule has 19 heavy (non-hydrogen) atoms. The summed E-state index contributed by atoms with van der Waals surface area (Å²) in [6, 6.07) is 0. The van der Waals surface area contributed by atoms with Crippen molar-refractivity contribution in [2.45, 2.75) is 78.1 Å². The highest BCUT2D eigenvalue weighted by atomic mass is 15.1. The molecule has 1 fully saturated rings. The summed E-state index contributed by atoms with van der Waals surface area (Å²) in [4.78, 5) is 1.91. The van der Waals surface area contributed by atoms with Gasteiger partial charge >= 0.3 is 0 Å². The fourth-order valence-electron chi connectivity index (χ4n) is 3.20. The average Bonchev–Trinajstić information content (AvgIpc) is 2.47. The molecule has 1 rings (SSSR count). The SMILES string of the molecule is CCCCCCC[NH+]1CCCC(CCCC)C1.[C-]#N. The third kappa shape index (κ3) is 9.96. The molecule has 1 N–H and O–H groups in total. The van der Waals surface area contributed by atoms with Gasteiger partial charge in [-0.25, -0.2) is 0 Å². The number of nitrogens with zero attached hydrogens (tertiary/aromatic N) is 1. The number of quaternary nitrogens is 1. The Morgan fingerprint density at radius 1 is 1.00 bits per heavy atom. The van der Waals surface area contributed by atoms with Crippen molar-refractivity contribution in [3.63, 3.8) is 0 Å². The van der Waals surface area contributed by atoms with E-state index >= 15 is 0 Å². The zero-order chi connectivity index (χ0) is 14.3. The molecule has 1 heterocycles. The average molecular weight is 266 g/mol. The molecule has 0 aliphatic carbocycles. The number of hydrogen-bond acceptors (Lipinski definition) is 1. The number of piperidine rings is 1. The molecule has 0 amide bonds. The van der Waals surface area contributed by atoms with E-state index in [1.54, 1.807) is 0 Å². The van der Waals surface area contributed by atoms with E-state index in [1.807, 2.05) is 4.90 Å². The molecule has 0 bridgehead atoms. The first-order chi connectivity index (χ1) is 9.36. The van der Waals surface area contributed by atoms with E-state index in [1.165, 1.54) is 83.8 Å². The normalized spacial score (nSPS) is 22.5. The Kier molecular flexibility index (Phi) is 13.5. The molecule has 2 unspecified atom stereocenters. The van der Waals surface area contributed by atoms with Crippen LogP contribution in [0, 0.1) is 17.8 Å². The lowest BCUT2D eigenvalue weighted by atomic mass is 9.93. The molecular weight excluding hydrogens is 232 g/mol. The molecule has 1 aliphatic heterocycles. The molecule has 1 saturated heterocycles. The van der Waals surface area contributed by atoms with Gasteiger partial charge in [-0.05, 0) is 32.1 Å². The van der Waals surface area contributed by atoms with Crippen molar-refractivity contribution in [2.24, 2.45) is 5.92 Å². The van der Waals surface area contributed by atoms with Crippen LogP contribution in [0.3, 0.4) is 0 Å². The van der Waals surface area contributed by atoms with E-state index in [2.05, 4.69) is 13.8 Å². The number of likely N-dealkylation sites (tertiary alicyclic amines) is 1. The standard InChI is InChI=1S/C16H33N.CN/c1-3-5-7-8-9-13-17-14-10-12-16(15-17)11-6-4-2;1-2/h16H,3-15H2,1-2H3;/q;-1/p+1. The summed E-state index contributed by atoms with van der Waals surface area (Å²) in [6.07, 6.45) is 14.5. The topological polar surface area (TPSA) is 28.2 Å². The number of nitrogens with one attached hydrogen (secondary N) is 1. The quantitative estimate of drug-likeness (QED) is 0.502. The van der Waals surface area contributed by atoms with Crippen molar-refractivity contribution >= 4 is 0 Å². The van der Waals surface area contributed by atoms with E-state index in [0.717, 1.165) is 5.92 Å². The van der Waals surface area contributed by atoms with Gasteiger partial charge in [-0.2, -0.15) is 0 Å². The zero-order valence-electron chi connectivity index (χ0n) is 13.2. The van der Waals surface area contributed by atoms with Gasteiger partial charge in [-0.3, -0.25) is 0 Å². The lowest BCUT2D eigenvalue weighted by Gasteiger charge is -2.30. The molecule has 0 aromatic heterocycles. The van der Waals surface area contributed by atoms with Crippen molar-refractivity contribution in [2.75, 3.05) is 19.6 Å². The van der Waals surface area contributed by atoms with Crippen molar-refractivity contribution in [1.29, 1.82) is 5.26 Å². The maximum Gasteiger partial charge on any atom is 0.0799 e. The summed E-state index contributed by atoms with van der Waals surface area (Å²) in [6.45, 7) is 13.8. The second-order valence-electron chi connectivity index (χ2n) is 6.02. The lowest BCUT2D eigenvalue weighted by Crippen LogP contribution is -3.13. The zero-order valence-corrected chi connectivity index (χ0v) is 13.2. The van der Waals surface area contributed by atoms with Gasteiger partial charge < -0.3 is 16.7 Å². The smallest absolute Gasteiger partial charge is 0.0799 e. The van der Waals surface area contributed by atoms with E-state index in [9.17, 15) is 0 Å². The predicted octanol–water partition coefficient (Wildman–Crippen LogP) is 3.54. The minimum absolute atomic E-state index is 1.05. The highest BCUT2D eigenvalue weighted by Crippen LogP contribution is 2.15. The first-order valence-electron chi connectivity index (χ1n) is 8.42. The van der Waals surface area contributed by atoms with E-state index in [4.69, 9.17) is 11.8 Å². The Hall–Kier alpha value is -0.550. The Morgan fingerprint density at radius 2 is 1.68 bits per heavy atom. The fraction of sp³-hybridized carbons (Fsp3) is 0.941. The summed E-state index contributed by atoms with van der Waals surface area (Å²) in [5, 5.41) is 6.25. The maximum absolute atomic E-state index is 6.25. The van der Waals surface area contributed by atoms with Crippen LogP contribution in [-0.2, 0) is 0 Å². The predicted molar refractivity (Wildman–Crippen MR) is 81.5 cm³/mol. The van der Waals surface area contributed by atoms with Crippen molar-refractivity contribution in [1.82, 2.24) is 0 Å². The maximum atomic E-state index is 6.25. The molecule has 0 aromatic carbocycles. The molecule has 0 saturated carbocycles. The number of hydrogen-bond donors (Lipinski definition) is 1. The van der Waals surface area contributed by atoms with Gasteiger partial charge in [0.1, 0.15) is 0 Å². The highest BCUT2D eigenvalue weighted by Gasteiger charge is 2.21. The van der Waals surface area contributed by atoms with Gasteiger partial charge in [-0.15, -0.1) is 0 Å². The molecule has 0 spiro atoms. The third-order valence-electron chi connectivity index (χ3n) is 4.32. The van der Waals surface area contributed by atoms with Crippen LogP contribution in [0.2, 0.25) is 0 Å². The monoisotopic (exact) mass is 266 g/mol. The highest BCUT2D eigenvalue weighted by molar-refractivity contribution is 4.61. The molecule has 2 heteroatoms. The summed E-state index contributed by atoms with van der Waals surface area (Å²) >= 11 is 0. The molecule has 2 nitrogen and oxygen atoms in total. The number of unbranched alkanes of at least 4 members (excludes halogenated alkanes) is 5. The number of rotatable bonds is 9. The van der Waals surface area contributed by atoms with Gasteiger partial charge in [0.25, 0.3) is 0 Å². The van der Waals surface area contributed by atoms with Gasteiger partial charge in [0.05, 0.1) is 19.6 Å². The summed E-state index contributed by atoms with van der Waals surface area (Å²) in [5.74, 6) is 1.05. The van der Waals surface area contributed by atoms with Crippen molar-refractivity contribution < 1.29 is 4.90 Å². The third-order valence-corrected chi connectivity index (χ3v) is 4.32. The largest absolute Gasteiger partial charge is 0.512 e. The van der Waals surface area contributed by atoms with Gasteiger partial charge in [0.2, 0.25) is 0 Å². The second-order valence-corrected chi connectivity index (χ2v) is 6.02. The van der Waals surface area contributed by atoms with Gasteiger partial charge in [0, 0.05) is 5.92 Å². The molecular formula is C17H34N2. The van der Waals surface area contributed by atoms with E-state index < -0.39 is 0 Å². The van der Waals surface area contributed by atoms with Crippen molar-refractivity contribution in [3.8, 4) is 0 Å². The van der Waals surface area contributed by atoms with Crippen LogP contribution < -0.4 is 4.90 Å². The van der Waals surface area contributed by atoms with Crippen LogP contribution in [0.1, 0.15) is 78.1 Å². The van der Waals surface area contributed by atoms with E-state index in [0.29, 0.717) is 0 Å². The second kappa shape index (κ2) is 13.9. The first-order valence-corrected chi connectivity index (χ1v) is 8.42. The Morgan fingerprint density at radius 3 is 2.37 bits per heavy atom. The van der Waals surface area contributed by atoms with Gasteiger partial charge in [0.15, 0.2) is 0 Å². The minimum atomic E-state index is 1.05. The van der Waals surface area contributed by atoms with Crippen LogP contribution in [0.5, 0.6) is 0 Å². The molecule has 1 aliphatic rings. The fourth-order valence-corrected chi connectivity index (χ4v) is 3.20. The Bertz CT molecular complexity index is 201. The van der Waals surface area contributed by atoms with Crippen LogP contribution in [0.15, 0.2) is 0 Å². The van der Waals surface area contributed by atoms with E-state index in [-0.39, 0.29) is 0 Å². The molecule has 112 valence electrons. The Balaban J connectivity index is 0.00000154. The lowest BCUT2D eigenvalue weighted by molar-refractivity contribution is -0.909. The summed E-state index contributed by atoms with van der Waals surface area (Å²) < 4.78 is 0. The van der Waals surface area contributed by atoms with Gasteiger partial charge in [-0.1, -0.05) is 46.0 Å². The molecule has 0 radical (unpaired) electrons.